The third kappa shape index (κ3) is 3.34. The highest BCUT2D eigenvalue weighted by atomic mass is 15.1. The van der Waals surface area contributed by atoms with Gasteiger partial charge in [0.2, 0.25) is 0 Å². The Labute approximate surface area is 109 Å². The first-order chi connectivity index (χ1) is 8.81. The van der Waals surface area contributed by atoms with Crippen molar-refractivity contribution in [1.82, 2.24) is 9.88 Å². The lowest BCUT2D eigenvalue weighted by molar-refractivity contribution is 0.331. The molecule has 0 amide bonds. The van der Waals surface area contributed by atoms with Gasteiger partial charge in [0.15, 0.2) is 0 Å². The zero-order chi connectivity index (χ0) is 12.8. The molecule has 18 heavy (non-hydrogen) atoms. The second-order valence-corrected chi connectivity index (χ2v) is 4.91. The molecule has 1 heterocycles. The number of benzene rings is 1. The number of hydrogen-bond donors (Lipinski definition) is 2. The summed E-state index contributed by atoms with van der Waals surface area (Å²) in [5.41, 5.74) is 8.15. The van der Waals surface area contributed by atoms with Gasteiger partial charge in [0.1, 0.15) is 0 Å². The van der Waals surface area contributed by atoms with Crippen LogP contribution in [0.2, 0.25) is 0 Å². The van der Waals surface area contributed by atoms with Crippen molar-refractivity contribution in [3.8, 4) is 0 Å². The molecule has 3 heteroatoms. The molecule has 0 spiro atoms. The second-order valence-electron chi connectivity index (χ2n) is 4.91. The first-order valence-corrected chi connectivity index (χ1v) is 6.75. The molecule has 0 atom stereocenters. The average molecular weight is 245 g/mol. The van der Waals surface area contributed by atoms with Crippen molar-refractivity contribution >= 4 is 10.9 Å². The number of nitrogens with zero attached hydrogens (tertiary/aromatic N) is 1. The number of rotatable bonds is 7. The van der Waals surface area contributed by atoms with Crippen LogP contribution in [0.4, 0.5) is 0 Å². The Morgan fingerprint density at radius 2 is 2.00 bits per heavy atom. The Morgan fingerprint density at radius 3 is 2.83 bits per heavy atom. The minimum absolute atomic E-state index is 0.802. The Bertz CT molecular complexity index is 475. The molecule has 0 aliphatic rings. The van der Waals surface area contributed by atoms with E-state index in [1.54, 1.807) is 0 Å². The number of nitrogens with one attached hydrogen (secondary N) is 1. The minimum Gasteiger partial charge on any atom is -0.361 e. The molecule has 0 saturated heterocycles. The van der Waals surface area contributed by atoms with Crippen LogP contribution in [0.5, 0.6) is 0 Å². The number of H-pyrrole nitrogens is 1. The van der Waals surface area contributed by atoms with Crippen LogP contribution in [-0.2, 0) is 6.42 Å². The lowest BCUT2D eigenvalue weighted by Crippen LogP contribution is -2.22. The van der Waals surface area contributed by atoms with E-state index < -0.39 is 0 Å². The topological polar surface area (TPSA) is 45.0 Å². The molecule has 0 fully saturated rings. The van der Waals surface area contributed by atoms with Crippen LogP contribution >= 0.6 is 0 Å². The van der Waals surface area contributed by atoms with E-state index in [0.717, 1.165) is 32.5 Å². The van der Waals surface area contributed by atoms with E-state index in [9.17, 15) is 0 Å². The zero-order valence-electron chi connectivity index (χ0n) is 11.2. The summed E-state index contributed by atoms with van der Waals surface area (Å²) in [5, 5.41) is 1.35. The fourth-order valence-electron chi connectivity index (χ4n) is 2.29. The van der Waals surface area contributed by atoms with Crippen LogP contribution in [0.15, 0.2) is 30.5 Å². The molecule has 0 saturated carbocycles. The molecular formula is C15H23N3. The Kier molecular flexibility index (Phi) is 4.79. The maximum absolute atomic E-state index is 5.51. The van der Waals surface area contributed by atoms with Gasteiger partial charge in [0.05, 0.1) is 0 Å². The van der Waals surface area contributed by atoms with Gasteiger partial charge < -0.3 is 15.6 Å². The molecule has 0 unspecified atom stereocenters. The smallest absolute Gasteiger partial charge is 0.0456 e. The predicted octanol–water partition coefficient (Wildman–Crippen LogP) is 2.38. The molecule has 3 nitrogen and oxygen atoms in total. The minimum atomic E-state index is 0.802. The third-order valence-corrected chi connectivity index (χ3v) is 3.43. The third-order valence-electron chi connectivity index (χ3n) is 3.43. The van der Waals surface area contributed by atoms with Gasteiger partial charge in [-0.1, -0.05) is 18.2 Å². The number of aromatic nitrogens is 1. The lowest BCUT2D eigenvalue weighted by Gasteiger charge is -2.15. The summed E-state index contributed by atoms with van der Waals surface area (Å²) in [6, 6.07) is 8.49. The van der Waals surface area contributed by atoms with Gasteiger partial charge in [0, 0.05) is 23.6 Å². The fourth-order valence-corrected chi connectivity index (χ4v) is 2.29. The highest BCUT2D eigenvalue weighted by molar-refractivity contribution is 5.83. The van der Waals surface area contributed by atoms with E-state index in [1.165, 1.54) is 22.9 Å². The summed E-state index contributed by atoms with van der Waals surface area (Å²) in [4.78, 5) is 5.72. The van der Waals surface area contributed by atoms with E-state index in [-0.39, 0.29) is 0 Å². The lowest BCUT2D eigenvalue weighted by atomic mass is 10.1. The van der Waals surface area contributed by atoms with Crippen LogP contribution in [-0.4, -0.2) is 36.6 Å². The normalized spacial score (nSPS) is 11.5. The molecule has 98 valence electrons. The molecule has 1 aromatic heterocycles. The number of aromatic amines is 1. The van der Waals surface area contributed by atoms with Crippen molar-refractivity contribution in [3.05, 3.63) is 36.0 Å². The van der Waals surface area contributed by atoms with Crippen molar-refractivity contribution in [3.63, 3.8) is 0 Å². The number of fused-ring (bicyclic) bond motifs is 1. The molecule has 0 aliphatic carbocycles. The maximum Gasteiger partial charge on any atom is 0.0456 e. The van der Waals surface area contributed by atoms with Gasteiger partial charge in [-0.2, -0.15) is 0 Å². The van der Waals surface area contributed by atoms with Gasteiger partial charge in [-0.3, -0.25) is 0 Å². The molecular weight excluding hydrogens is 222 g/mol. The Morgan fingerprint density at radius 1 is 1.17 bits per heavy atom. The second kappa shape index (κ2) is 6.57. The first kappa shape index (κ1) is 13.1. The summed E-state index contributed by atoms with van der Waals surface area (Å²) in [6.45, 7) is 3.04. The molecule has 1 aromatic carbocycles. The molecule has 2 aromatic rings. The fraction of sp³-hybridized carbons (Fsp3) is 0.467. The first-order valence-electron chi connectivity index (χ1n) is 6.75. The zero-order valence-corrected chi connectivity index (χ0v) is 11.2. The number of nitrogens with two attached hydrogens (primary N) is 1. The van der Waals surface area contributed by atoms with Crippen molar-refractivity contribution < 1.29 is 0 Å². The Hall–Kier alpha value is -1.32. The quantitative estimate of drug-likeness (QED) is 0.736. The summed E-state index contributed by atoms with van der Waals surface area (Å²) < 4.78 is 0. The van der Waals surface area contributed by atoms with Crippen LogP contribution in [0.25, 0.3) is 10.9 Å². The van der Waals surface area contributed by atoms with Crippen molar-refractivity contribution in [2.45, 2.75) is 19.3 Å². The summed E-state index contributed by atoms with van der Waals surface area (Å²) in [7, 11) is 2.19. The van der Waals surface area contributed by atoms with Gasteiger partial charge in [-0.25, -0.2) is 0 Å². The van der Waals surface area contributed by atoms with Crippen molar-refractivity contribution in [2.75, 3.05) is 26.7 Å². The van der Waals surface area contributed by atoms with Crippen LogP contribution in [0.3, 0.4) is 0 Å². The van der Waals surface area contributed by atoms with Gasteiger partial charge in [0.25, 0.3) is 0 Å². The molecule has 0 bridgehead atoms. The van der Waals surface area contributed by atoms with E-state index in [4.69, 9.17) is 5.73 Å². The van der Waals surface area contributed by atoms with E-state index >= 15 is 0 Å². The van der Waals surface area contributed by atoms with Crippen molar-refractivity contribution in [1.29, 1.82) is 0 Å². The molecule has 3 N–H and O–H groups in total. The number of likely N-dealkylation sites (N-methyl/N-ethyl adjacent to an activating group) is 1. The largest absolute Gasteiger partial charge is 0.361 e. The van der Waals surface area contributed by atoms with Gasteiger partial charge in [-0.15, -0.1) is 0 Å². The molecule has 2 rings (SSSR count). The van der Waals surface area contributed by atoms with Gasteiger partial charge >= 0.3 is 0 Å². The summed E-state index contributed by atoms with van der Waals surface area (Å²) in [5.74, 6) is 0. The standard InChI is InChI=1S/C15H23N3/c1-18(10-5-4-9-16)11-8-13-12-17-15-7-3-2-6-14(13)15/h2-3,6-7,12,17H,4-5,8-11,16H2,1H3. The van der Waals surface area contributed by atoms with E-state index in [1.807, 2.05) is 0 Å². The molecule has 0 aliphatic heterocycles. The average Bonchev–Trinajstić information content (AvgIpc) is 2.80. The number of para-hydroxylation sites is 1. The summed E-state index contributed by atoms with van der Waals surface area (Å²) >= 11 is 0. The summed E-state index contributed by atoms with van der Waals surface area (Å²) in [6.07, 6.45) is 5.56. The van der Waals surface area contributed by atoms with Crippen LogP contribution < -0.4 is 5.73 Å². The number of hydrogen-bond acceptors (Lipinski definition) is 2. The maximum atomic E-state index is 5.51. The highest BCUT2D eigenvalue weighted by Gasteiger charge is 2.04. The van der Waals surface area contributed by atoms with Crippen molar-refractivity contribution in [2.24, 2.45) is 5.73 Å². The van der Waals surface area contributed by atoms with E-state index in [0.29, 0.717) is 0 Å². The van der Waals surface area contributed by atoms with Gasteiger partial charge in [-0.05, 0) is 51.0 Å². The van der Waals surface area contributed by atoms with Crippen LogP contribution in [0.1, 0.15) is 18.4 Å². The van der Waals surface area contributed by atoms with Crippen LogP contribution in [0, 0.1) is 0 Å². The Balaban J connectivity index is 1.86. The SMILES string of the molecule is CN(CCCCN)CCc1c[nH]c2ccccc12. The number of unbranched alkanes of at least 4 members (excludes halogenated alkanes) is 1. The molecule has 0 radical (unpaired) electrons. The highest BCUT2D eigenvalue weighted by Crippen LogP contribution is 2.18. The monoisotopic (exact) mass is 245 g/mol. The van der Waals surface area contributed by atoms with E-state index in [2.05, 4.69) is 47.4 Å². The predicted molar refractivity (Wildman–Crippen MR) is 77.8 cm³/mol.